The number of rotatable bonds is 10. The summed E-state index contributed by atoms with van der Waals surface area (Å²) in [5.74, 6) is 2.86. The molecular formula is C24H31IN4O3. The number of halogens is 1. The number of methoxy groups -OCH3 is 1. The number of aliphatic imine (C=N–C) groups is 1. The maximum absolute atomic E-state index is 5.86. The zero-order chi connectivity index (χ0) is 21.9. The second-order valence-corrected chi connectivity index (χ2v) is 6.99. The molecule has 0 saturated carbocycles. The Bertz CT molecular complexity index is 976. The van der Waals surface area contributed by atoms with Crippen LogP contribution in [0, 0.1) is 6.92 Å². The van der Waals surface area contributed by atoms with Crippen LogP contribution in [-0.2, 0) is 17.8 Å². The Morgan fingerprint density at radius 1 is 1.09 bits per heavy atom. The molecule has 32 heavy (non-hydrogen) atoms. The van der Waals surface area contributed by atoms with E-state index in [9.17, 15) is 0 Å². The van der Waals surface area contributed by atoms with E-state index in [2.05, 4.69) is 21.7 Å². The molecule has 0 aliphatic heterocycles. The van der Waals surface area contributed by atoms with Gasteiger partial charge in [0, 0.05) is 24.8 Å². The Morgan fingerprint density at radius 2 is 1.91 bits per heavy atom. The number of ether oxygens (including phenoxy) is 2. The Hall–Kier alpha value is -2.59. The highest BCUT2D eigenvalue weighted by atomic mass is 127. The average Bonchev–Trinajstić information content (AvgIpc) is 3.26. The highest BCUT2D eigenvalue weighted by Crippen LogP contribution is 2.22. The normalized spacial score (nSPS) is 11.0. The van der Waals surface area contributed by atoms with Crippen molar-refractivity contribution in [2.45, 2.75) is 26.9 Å². The first-order valence-corrected chi connectivity index (χ1v) is 10.4. The molecule has 2 N–H and O–H groups in total. The van der Waals surface area contributed by atoms with Crippen LogP contribution in [0.1, 0.15) is 23.9 Å². The van der Waals surface area contributed by atoms with E-state index in [1.807, 2.05) is 56.3 Å². The van der Waals surface area contributed by atoms with Crippen LogP contribution in [0.25, 0.3) is 11.3 Å². The van der Waals surface area contributed by atoms with Crippen LogP contribution in [0.15, 0.2) is 64.1 Å². The summed E-state index contributed by atoms with van der Waals surface area (Å²) in [5.41, 5.74) is 3.16. The molecule has 7 nitrogen and oxygen atoms in total. The molecule has 0 aliphatic rings. The molecule has 0 aliphatic carbocycles. The maximum Gasteiger partial charge on any atom is 0.214 e. The molecule has 8 heteroatoms. The smallest absolute Gasteiger partial charge is 0.214 e. The average molecular weight is 550 g/mol. The lowest BCUT2D eigenvalue weighted by Crippen LogP contribution is -2.36. The van der Waals surface area contributed by atoms with E-state index >= 15 is 0 Å². The summed E-state index contributed by atoms with van der Waals surface area (Å²) in [7, 11) is 1.66. The lowest BCUT2D eigenvalue weighted by molar-refractivity contribution is 0.145. The van der Waals surface area contributed by atoms with Gasteiger partial charge in [0.05, 0.1) is 25.9 Å². The number of aromatic nitrogens is 1. The summed E-state index contributed by atoms with van der Waals surface area (Å²) in [6, 6.07) is 16.1. The number of hydrogen-bond acceptors (Lipinski definition) is 5. The summed E-state index contributed by atoms with van der Waals surface area (Å²) in [6.45, 7) is 6.79. The molecular weight excluding hydrogens is 519 g/mol. The minimum atomic E-state index is 0. The number of hydrogen-bond donors (Lipinski definition) is 2. The van der Waals surface area contributed by atoms with E-state index in [4.69, 9.17) is 18.9 Å². The van der Waals surface area contributed by atoms with Crippen LogP contribution in [0.3, 0.4) is 0 Å². The van der Waals surface area contributed by atoms with Crippen LogP contribution in [0.5, 0.6) is 5.75 Å². The van der Waals surface area contributed by atoms with Crippen molar-refractivity contribution < 1.29 is 13.9 Å². The van der Waals surface area contributed by atoms with Crippen molar-refractivity contribution in [2.24, 2.45) is 4.99 Å². The van der Waals surface area contributed by atoms with Gasteiger partial charge in [-0.25, -0.2) is 9.98 Å². The third-order valence-corrected chi connectivity index (χ3v) is 4.54. The third-order valence-electron chi connectivity index (χ3n) is 4.54. The Balaban J connectivity index is 0.00000363. The molecule has 0 fully saturated rings. The molecule has 2 aromatic carbocycles. The van der Waals surface area contributed by atoms with Gasteiger partial charge in [-0.15, -0.1) is 24.0 Å². The van der Waals surface area contributed by atoms with E-state index in [1.165, 1.54) is 0 Å². The van der Waals surface area contributed by atoms with Gasteiger partial charge in [-0.3, -0.25) is 0 Å². The molecule has 0 spiro atoms. The van der Waals surface area contributed by atoms with Crippen molar-refractivity contribution in [3.63, 3.8) is 0 Å². The number of benzene rings is 2. The summed E-state index contributed by atoms with van der Waals surface area (Å²) in [6.07, 6.45) is 1.74. The Morgan fingerprint density at radius 3 is 2.66 bits per heavy atom. The molecule has 3 rings (SSSR count). The first-order chi connectivity index (χ1) is 15.2. The summed E-state index contributed by atoms with van der Waals surface area (Å²) in [4.78, 5) is 9.06. The molecule has 0 unspecified atom stereocenters. The van der Waals surface area contributed by atoms with E-state index < -0.39 is 0 Å². The Labute approximate surface area is 206 Å². The summed E-state index contributed by atoms with van der Waals surface area (Å²) < 4.78 is 16.8. The quantitative estimate of drug-likeness (QED) is 0.167. The second kappa shape index (κ2) is 13.7. The zero-order valence-corrected chi connectivity index (χ0v) is 21.1. The summed E-state index contributed by atoms with van der Waals surface area (Å²) in [5, 5.41) is 6.53. The molecule has 3 aromatic rings. The predicted octanol–water partition coefficient (Wildman–Crippen LogP) is 4.55. The molecule has 0 saturated heterocycles. The van der Waals surface area contributed by atoms with Gasteiger partial charge in [0.1, 0.15) is 12.4 Å². The predicted molar refractivity (Wildman–Crippen MR) is 138 cm³/mol. The van der Waals surface area contributed by atoms with Crippen molar-refractivity contribution in [2.75, 3.05) is 26.9 Å². The van der Waals surface area contributed by atoms with Gasteiger partial charge in [-0.1, -0.05) is 42.5 Å². The highest BCUT2D eigenvalue weighted by Gasteiger charge is 2.08. The van der Waals surface area contributed by atoms with E-state index in [-0.39, 0.29) is 24.0 Å². The van der Waals surface area contributed by atoms with Crippen LogP contribution < -0.4 is 15.4 Å². The van der Waals surface area contributed by atoms with E-state index in [0.717, 1.165) is 34.7 Å². The van der Waals surface area contributed by atoms with Gasteiger partial charge in [-0.05, 0) is 25.5 Å². The fraction of sp³-hybridized carbons (Fsp3) is 0.333. The number of nitrogens with zero attached hydrogens (tertiary/aromatic N) is 2. The first kappa shape index (κ1) is 25.7. The Kier molecular flexibility index (Phi) is 11.0. The standard InChI is InChI=1S/C24H30N4O3.HI/c1-4-25-24(27-15-20-11-10-18(2)14-21(20)30-13-12-29-3)28-17-23-26-16-22(31-23)19-8-6-5-7-9-19;/h5-11,14,16H,4,12-13,15,17H2,1-3H3,(H2,25,27,28);1H. The van der Waals surface area contributed by atoms with Crippen LogP contribution in [0.4, 0.5) is 0 Å². The fourth-order valence-corrected chi connectivity index (χ4v) is 2.95. The van der Waals surface area contributed by atoms with E-state index in [1.54, 1.807) is 13.3 Å². The van der Waals surface area contributed by atoms with Crippen molar-refractivity contribution in [1.29, 1.82) is 0 Å². The molecule has 1 aromatic heterocycles. The first-order valence-electron chi connectivity index (χ1n) is 10.4. The molecule has 0 amide bonds. The SMILES string of the molecule is CCNC(=NCc1ccc(C)cc1OCCOC)NCc1ncc(-c2ccccc2)o1.I. The van der Waals surface area contributed by atoms with Gasteiger partial charge in [0.25, 0.3) is 0 Å². The minimum absolute atomic E-state index is 0. The van der Waals surface area contributed by atoms with Gasteiger partial charge >= 0.3 is 0 Å². The lowest BCUT2D eigenvalue weighted by Gasteiger charge is -2.13. The second-order valence-electron chi connectivity index (χ2n) is 6.99. The van der Waals surface area contributed by atoms with E-state index in [0.29, 0.717) is 38.2 Å². The maximum atomic E-state index is 5.86. The van der Waals surface area contributed by atoms with Gasteiger partial charge < -0.3 is 24.5 Å². The zero-order valence-electron chi connectivity index (χ0n) is 18.8. The van der Waals surface area contributed by atoms with Crippen LogP contribution in [-0.4, -0.2) is 37.8 Å². The monoisotopic (exact) mass is 550 g/mol. The summed E-state index contributed by atoms with van der Waals surface area (Å²) >= 11 is 0. The van der Waals surface area contributed by atoms with Crippen LogP contribution in [0.2, 0.25) is 0 Å². The van der Waals surface area contributed by atoms with Crippen molar-refractivity contribution in [3.05, 3.63) is 71.7 Å². The number of nitrogens with one attached hydrogen (secondary N) is 2. The topological polar surface area (TPSA) is 80.9 Å². The molecule has 172 valence electrons. The lowest BCUT2D eigenvalue weighted by atomic mass is 10.1. The number of guanidine groups is 1. The van der Waals surface area contributed by atoms with Crippen molar-refractivity contribution in [1.82, 2.24) is 15.6 Å². The fourth-order valence-electron chi connectivity index (χ4n) is 2.95. The van der Waals surface area contributed by atoms with Gasteiger partial charge in [0.2, 0.25) is 5.89 Å². The molecule has 1 heterocycles. The number of oxazole rings is 1. The molecule has 0 atom stereocenters. The minimum Gasteiger partial charge on any atom is -0.491 e. The van der Waals surface area contributed by atoms with Crippen molar-refractivity contribution >= 4 is 29.9 Å². The molecule has 0 bridgehead atoms. The number of aryl methyl sites for hydroxylation is 1. The third kappa shape index (κ3) is 7.83. The van der Waals surface area contributed by atoms with Gasteiger partial charge in [-0.2, -0.15) is 0 Å². The highest BCUT2D eigenvalue weighted by molar-refractivity contribution is 14.0. The van der Waals surface area contributed by atoms with Crippen molar-refractivity contribution in [3.8, 4) is 17.1 Å². The van der Waals surface area contributed by atoms with Crippen LogP contribution >= 0.6 is 24.0 Å². The largest absolute Gasteiger partial charge is 0.491 e. The van der Waals surface area contributed by atoms with Gasteiger partial charge in [0.15, 0.2) is 11.7 Å². The molecule has 0 radical (unpaired) electrons.